The highest BCUT2D eigenvalue weighted by Crippen LogP contribution is 2.19. The lowest BCUT2D eigenvalue weighted by Crippen LogP contribution is -2.18. The van der Waals surface area contributed by atoms with Crippen LogP contribution in [0.4, 0.5) is 0 Å². The average molecular weight is 315 g/mol. The first kappa shape index (κ1) is 16.4. The normalized spacial score (nSPS) is 9.96. The molecule has 6 heteroatoms. The largest absolute Gasteiger partial charge is 0.496 e. The summed E-state index contributed by atoms with van der Waals surface area (Å²) in [6.07, 6.45) is 0. The molecule has 1 amide bonds. The van der Waals surface area contributed by atoms with Gasteiger partial charge in [-0.1, -0.05) is 30.3 Å². The lowest BCUT2D eigenvalue weighted by Gasteiger charge is -2.11. The molecule has 2 aromatic carbocycles. The Morgan fingerprint density at radius 1 is 1.00 bits per heavy atom. The van der Waals surface area contributed by atoms with E-state index in [2.05, 4.69) is 0 Å². The highest BCUT2D eigenvalue weighted by Gasteiger charge is 2.12. The predicted octanol–water partition coefficient (Wildman–Crippen LogP) is 1.92. The topological polar surface area (TPSA) is 87.8 Å². The Kier molecular flexibility index (Phi) is 5.57. The van der Waals surface area contributed by atoms with E-state index in [1.165, 1.54) is 6.07 Å². The van der Waals surface area contributed by atoms with Gasteiger partial charge in [0.05, 0.1) is 12.7 Å². The number of rotatable bonds is 7. The second-order valence-electron chi connectivity index (χ2n) is 4.62. The summed E-state index contributed by atoms with van der Waals surface area (Å²) in [6, 6.07) is 13.7. The van der Waals surface area contributed by atoms with E-state index in [1.54, 1.807) is 37.4 Å². The molecule has 2 rings (SSSR count). The molecule has 0 aromatic heterocycles. The fourth-order valence-corrected chi connectivity index (χ4v) is 1.95. The number of benzene rings is 2. The number of hydrogen-bond donors (Lipinski definition) is 1. The van der Waals surface area contributed by atoms with Crippen molar-refractivity contribution in [3.63, 3.8) is 0 Å². The van der Waals surface area contributed by atoms with Crippen molar-refractivity contribution in [2.45, 2.75) is 6.61 Å². The number of hydrogen-bond acceptors (Lipinski definition) is 5. The Hall–Kier alpha value is -3.02. The number of para-hydroxylation sites is 2. The van der Waals surface area contributed by atoms with E-state index in [4.69, 9.17) is 19.9 Å². The molecule has 0 aliphatic carbocycles. The van der Waals surface area contributed by atoms with Crippen LogP contribution in [0.3, 0.4) is 0 Å². The number of carbonyl (C=O) groups excluding carboxylic acids is 2. The van der Waals surface area contributed by atoms with Gasteiger partial charge in [-0.25, -0.2) is 4.79 Å². The van der Waals surface area contributed by atoms with Crippen molar-refractivity contribution in [2.75, 3.05) is 13.7 Å². The molecule has 0 unspecified atom stereocenters. The number of ether oxygens (including phenoxy) is 3. The second kappa shape index (κ2) is 7.84. The molecule has 23 heavy (non-hydrogen) atoms. The maximum absolute atomic E-state index is 11.8. The Morgan fingerprint density at radius 2 is 1.65 bits per heavy atom. The van der Waals surface area contributed by atoms with Gasteiger partial charge in [-0.15, -0.1) is 0 Å². The van der Waals surface area contributed by atoms with Crippen molar-refractivity contribution < 1.29 is 23.8 Å². The summed E-state index contributed by atoms with van der Waals surface area (Å²) in [5.74, 6) is -0.298. The van der Waals surface area contributed by atoms with Gasteiger partial charge >= 0.3 is 5.97 Å². The highest BCUT2D eigenvalue weighted by molar-refractivity contribution is 5.95. The number of primary amides is 1. The molecule has 0 aliphatic heterocycles. The molecule has 0 saturated heterocycles. The van der Waals surface area contributed by atoms with Gasteiger partial charge in [-0.3, -0.25) is 4.79 Å². The Morgan fingerprint density at radius 3 is 2.35 bits per heavy atom. The van der Waals surface area contributed by atoms with Crippen LogP contribution in [-0.2, 0) is 16.1 Å². The molecule has 0 atom stereocenters. The number of nitrogens with two attached hydrogens (primary N) is 1. The molecule has 0 saturated carbocycles. The summed E-state index contributed by atoms with van der Waals surface area (Å²) in [6.45, 7) is -0.247. The number of carbonyl (C=O) groups is 2. The fraction of sp³-hybridized carbons (Fsp3) is 0.176. The third-order valence-electron chi connectivity index (χ3n) is 3.08. The third kappa shape index (κ3) is 4.47. The summed E-state index contributed by atoms with van der Waals surface area (Å²) >= 11 is 0. The highest BCUT2D eigenvalue weighted by atomic mass is 16.6. The molecule has 2 aromatic rings. The van der Waals surface area contributed by atoms with Crippen LogP contribution in [0, 0.1) is 0 Å². The van der Waals surface area contributed by atoms with E-state index in [0.29, 0.717) is 5.75 Å². The van der Waals surface area contributed by atoms with E-state index in [9.17, 15) is 9.59 Å². The predicted molar refractivity (Wildman–Crippen MR) is 83.2 cm³/mol. The maximum Gasteiger partial charge on any atom is 0.344 e. The molecule has 6 nitrogen and oxygen atoms in total. The van der Waals surface area contributed by atoms with Gasteiger partial charge in [0.1, 0.15) is 18.1 Å². The molecule has 0 bridgehead atoms. The summed E-state index contributed by atoms with van der Waals surface area (Å²) in [5, 5.41) is 0. The molecular weight excluding hydrogens is 298 g/mol. The summed E-state index contributed by atoms with van der Waals surface area (Å²) in [5.41, 5.74) is 6.20. The van der Waals surface area contributed by atoms with Gasteiger partial charge in [0, 0.05) is 5.56 Å². The molecule has 0 aliphatic rings. The van der Waals surface area contributed by atoms with Gasteiger partial charge in [0.2, 0.25) is 0 Å². The van der Waals surface area contributed by atoms with Crippen LogP contribution in [0.25, 0.3) is 0 Å². The van der Waals surface area contributed by atoms with Gasteiger partial charge < -0.3 is 19.9 Å². The van der Waals surface area contributed by atoms with Gasteiger partial charge in [0.15, 0.2) is 6.61 Å². The van der Waals surface area contributed by atoms with E-state index >= 15 is 0 Å². The first-order valence-electron chi connectivity index (χ1n) is 6.91. The first-order chi connectivity index (χ1) is 11.1. The lowest BCUT2D eigenvalue weighted by molar-refractivity contribution is -0.147. The summed E-state index contributed by atoms with van der Waals surface area (Å²) in [4.78, 5) is 23.0. The minimum Gasteiger partial charge on any atom is -0.496 e. The van der Waals surface area contributed by atoms with Crippen molar-refractivity contribution in [1.29, 1.82) is 0 Å². The van der Waals surface area contributed by atoms with Crippen LogP contribution in [0.2, 0.25) is 0 Å². The minimum absolute atomic E-state index is 0.0731. The van der Waals surface area contributed by atoms with Crippen molar-refractivity contribution in [3.8, 4) is 11.5 Å². The van der Waals surface area contributed by atoms with Gasteiger partial charge in [-0.2, -0.15) is 0 Å². The standard InChI is InChI=1S/C17H17NO5/c1-21-14-8-4-2-6-12(14)10-23-16(19)11-22-15-9-5-3-7-13(15)17(18)20/h2-9H,10-11H2,1H3,(H2,18,20). The molecule has 0 spiro atoms. The van der Waals surface area contributed by atoms with Crippen LogP contribution in [0.15, 0.2) is 48.5 Å². The first-order valence-corrected chi connectivity index (χ1v) is 6.91. The summed E-state index contributed by atoms with van der Waals surface area (Å²) in [7, 11) is 1.55. The molecule has 0 fully saturated rings. The van der Waals surface area contributed by atoms with E-state index < -0.39 is 11.9 Å². The monoisotopic (exact) mass is 315 g/mol. The number of methoxy groups -OCH3 is 1. The van der Waals surface area contributed by atoms with Crippen LogP contribution in [0.5, 0.6) is 11.5 Å². The zero-order valence-electron chi connectivity index (χ0n) is 12.7. The Labute approximate surface area is 133 Å². The van der Waals surface area contributed by atoms with E-state index in [-0.39, 0.29) is 24.5 Å². The van der Waals surface area contributed by atoms with Crippen LogP contribution in [0.1, 0.15) is 15.9 Å². The van der Waals surface area contributed by atoms with Crippen LogP contribution in [-0.4, -0.2) is 25.6 Å². The van der Waals surface area contributed by atoms with Crippen LogP contribution < -0.4 is 15.2 Å². The van der Waals surface area contributed by atoms with Crippen molar-refractivity contribution >= 4 is 11.9 Å². The minimum atomic E-state index is -0.622. The Balaban J connectivity index is 1.90. The zero-order chi connectivity index (χ0) is 16.7. The zero-order valence-corrected chi connectivity index (χ0v) is 12.7. The van der Waals surface area contributed by atoms with E-state index in [1.807, 2.05) is 12.1 Å². The molecule has 120 valence electrons. The third-order valence-corrected chi connectivity index (χ3v) is 3.08. The number of amides is 1. The summed E-state index contributed by atoms with van der Waals surface area (Å²) < 4.78 is 15.6. The van der Waals surface area contributed by atoms with Crippen molar-refractivity contribution in [1.82, 2.24) is 0 Å². The smallest absolute Gasteiger partial charge is 0.344 e. The van der Waals surface area contributed by atoms with E-state index in [0.717, 1.165) is 5.56 Å². The van der Waals surface area contributed by atoms with Crippen molar-refractivity contribution in [3.05, 3.63) is 59.7 Å². The van der Waals surface area contributed by atoms with Crippen molar-refractivity contribution in [2.24, 2.45) is 5.73 Å². The fourth-order valence-electron chi connectivity index (χ4n) is 1.95. The van der Waals surface area contributed by atoms with Gasteiger partial charge in [0.25, 0.3) is 5.91 Å². The quantitative estimate of drug-likeness (QED) is 0.789. The molecule has 2 N–H and O–H groups in total. The maximum atomic E-state index is 11.8. The molecule has 0 radical (unpaired) electrons. The van der Waals surface area contributed by atoms with Gasteiger partial charge in [-0.05, 0) is 18.2 Å². The molecule has 0 heterocycles. The Bertz CT molecular complexity index is 699. The lowest BCUT2D eigenvalue weighted by atomic mass is 10.2. The number of esters is 1. The van der Waals surface area contributed by atoms with Crippen LogP contribution >= 0.6 is 0 Å². The average Bonchev–Trinajstić information content (AvgIpc) is 2.58. The second-order valence-corrected chi connectivity index (χ2v) is 4.62. The molecular formula is C17H17NO5. The SMILES string of the molecule is COc1ccccc1COC(=O)COc1ccccc1C(N)=O.